The van der Waals surface area contributed by atoms with Crippen LogP contribution in [0.2, 0.25) is 0 Å². The van der Waals surface area contributed by atoms with E-state index in [4.69, 9.17) is 14.2 Å². The maximum absolute atomic E-state index is 12.0. The largest absolute Gasteiger partial charge is 0.465 e. The van der Waals surface area contributed by atoms with Crippen LogP contribution >= 0.6 is 0 Å². The van der Waals surface area contributed by atoms with E-state index >= 15 is 0 Å². The molecule has 0 aliphatic rings. The molecule has 1 N–H and O–H groups in total. The topological polar surface area (TPSA) is 94.7 Å². The van der Waals surface area contributed by atoms with Crippen LogP contribution in [0.25, 0.3) is 0 Å². The van der Waals surface area contributed by atoms with Crippen molar-refractivity contribution < 1.29 is 28.6 Å². The van der Waals surface area contributed by atoms with Crippen LogP contribution < -0.4 is 0 Å². The van der Waals surface area contributed by atoms with E-state index in [9.17, 15) is 14.4 Å². The molecule has 0 aromatic carbocycles. The van der Waals surface area contributed by atoms with Gasteiger partial charge in [-0.1, -0.05) is 6.92 Å². The number of esters is 3. The Kier molecular flexibility index (Phi) is 6.15. The number of H-pyrrole nitrogens is 1. The highest BCUT2D eigenvalue weighted by atomic mass is 16.6. The Balaban J connectivity index is 2.88. The summed E-state index contributed by atoms with van der Waals surface area (Å²) in [4.78, 5) is 38.0. The second-order valence-electron chi connectivity index (χ2n) is 4.94. The number of carbonyl (C=O) groups excluding carboxylic acids is 3. The van der Waals surface area contributed by atoms with E-state index in [1.165, 1.54) is 7.11 Å². The van der Waals surface area contributed by atoms with E-state index in [0.717, 1.165) is 0 Å². The Hall–Kier alpha value is -2.31. The summed E-state index contributed by atoms with van der Waals surface area (Å²) in [6, 6.07) is 0. The first-order valence-electron chi connectivity index (χ1n) is 6.98. The Bertz CT molecular complexity index is 573. The van der Waals surface area contributed by atoms with Crippen LogP contribution in [0, 0.1) is 6.92 Å². The summed E-state index contributed by atoms with van der Waals surface area (Å²) in [5, 5.41) is 0. The molecule has 0 amide bonds. The summed E-state index contributed by atoms with van der Waals surface area (Å²) < 4.78 is 14.5. The number of aromatic nitrogens is 1. The summed E-state index contributed by atoms with van der Waals surface area (Å²) in [6.45, 7) is 6.37. The van der Waals surface area contributed by atoms with Crippen molar-refractivity contribution >= 4 is 17.9 Å². The van der Waals surface area contributed by atoms with Crippen LogP contribution in [0.5, 0.6) is 0 Å². The molecule has 0 atom stereocenters. The number of carbonyl (C=O) groups is 3. The maximum Gasteiger partial charge on any atom is 0.355 e. The van der Waals surface area contributed by atoms with Gasteiger partial charge in [-0.05, 0) is 32.8 Å². The quantitative estimate of drug-likeness (QED) is 0.635. The van der Waals surface area contributed by atoms with Crippen LogP contribution in [0.15, 0.2) is 0 Å². The molecule has 7 nitrogen and oxygen atoms in total. The lowest BCUT2D eigenvalue weighted by atomic mass is 10.1. The molecular weight excluding hydrogens is 290 g/mol. The fourth-order valence-corrected chi connectivity index (χ4v) is 2.00. The van der Waals surface area contributed by atoms with Crippen LogP contribution in [-0.4, -0.2) is 42.7 Å². The monoisotopic (exact) mass is 311 g/mol. The van der Waals surface area contributed by atoms with Crippen molar-refractivity contribution in [2.24, 2.45) is 0 Å². The van der Waals surface area contributed by atoms with Gasteiger partial charge in [0.1, 0.15) is 5.69 Å². The fraction of sp³-hybridized carbons (Fsp3) is 0.533. The Morgan fingerprint density at radius 2 is 1.82 bits per heavy atom. The van der Waals surface area contributed by atoms with E-state index in [2.05, 4.69) is 4.98 Å². The molecule has 122 valence electrons. The summed E-state index contributed by atoms with van der Waals surface area (Å²) in [5.74, 6) is -1.87. The lowest BCUT2D eigenvalue weighted by Crippen LogP contribution is -2.20. The van der Waals surface area contributed by atoms with E-state index in [1.807, 2.05) is 6.92 Å². The first-order valence-corrected chi connectivity index (χ1v) is 6.98. The van der Waals surface area contributed by atoms with Crippen molar-refractivity contribution in [1.29, 1.82) is 0 Å². The zero-order valence-electron chi connectivity index (χ0n) is 13.4. The van der Waals surface area contributed by atoms with Crippen LogP contribution in [-0.2, 0) is 25.4 Å². The standard InChI is InChI=1S/C15H21NO6/c1-6-10-12(14(18)20-5)9(4)13(16-10)15(19)21-7-11(17)22-8(2)3/h8,16H,6-7H2,1-5H3. The first-order chi connectivity index (χ1) is 10.3. The molecule has 0 unspecified atom stereocenters. The normalized spacial score (nSPS) is 10.5. The minimum absolute atomic E-state index is 0.134. The number of rotatable bonds is 6. The molecule has 1 aromatic rings. The van der Waals surface area contributed by atoms with Crippen molar-refractivity contribution in [3.63, 3.8) is 0 Å². The van der Waals surface area contributed by atoms with Gasteiger partial charge in [0.25, 0.3) is 0 Å². The third-order valence-electron chi connectivity index (χ3n) is 2.96. The molecule has 7 heteroatoms. The second-order valence-corrected chi connectivity index (χ2v) is 4.94. The number of methoxy groups -OCH3 is 1. The van der Waals surface area contributed by atoms with Gasteiger partial charge in [-0.2, -0.15) is 0 Å². The van der Waals surface area contributed by atoms with Gasteiger partial charge in [0.15, 0.2) is 6.61 Å². The average molecular weight is 311 g/mol. The highest BCUT2D eigenvalue weighted by Crippen LogP contribution is 2.20. The van der Waals surface area contributed by atoms with Gasteiger partial charge in [-0.3, -0.25) is 0 Å². The third-order valence-corrected chi connectivity index (χ3v) is 2.96. The van der Waals surface area contributed by atoms with Gasteiger partial charge in [-0.15, -0.1) is 0 Å². The summed E-state index contributed by atoms with van der Waals surface area (Å²) in [7, 11) is 1.27. The highest BCUT2D eigenvalue weighted by Gasteiger charge is 2.25. The number of aromatic amines is 1. The molecule has 22 heavy (non-hydrogen) atoms. The molecule has 1 rings (SSSR count). The summed E-state index contributed by atoms with van der Waals surface area (Å²) >= 11 is 0. The fourth-order valence-electron chi connectivity index (χ4n) is 2.00. The van der Waals surface area contributed by atoms with Gasteiger partial charge >= 0.3 is 17.9 Å². The maximum atomic E-state index is 12.0. The Morgan fingerprint density at radius 3 is 2.32 bits per heavy atom. The molecule has 1 heterocycles. The van der Waals surface area contributed by atoms with E-state index in [-0.39, 0.29) is 11.8 Å². The molecule has 0 bridgehead atoms. The van der Waals surface area contributed by atoms with Crippen molar-refractivity contribution in [3.8, 4) is 0 Å². The lowest BCUT2D eigenvalue weighted by molar-refractivity contribution is -0.151. The zero-order valence-corrected chi connectivity index (χ0v) is 13.4. The number of hydrogen-bond donors (Lipinski definition) is 1. The molecule has 0 fully saturated rings. The van der Waals surface area contributed by atoms with Gasteiger partial charge in [0.2, 0.25) is 0 Å². The summed E-state index contributed by atoms with van der Waals surface area (Å²) in [5.41, 5.74) is 1.48. The number of aryl methyl sites for hydroxylation is 1. The predicted octanol–water partition coefficient (Wildman–Crippen LogP) is 1.78. The first kappa shape index (κ1) is 17.7. The zero-order chi connectivity index (χ0) is 16.9. The van der Waals surface area contributed by atoms with Crippen LogP contribution in [0.3, 0.4) is 0 Å². The van der Waals surface area contributed by atoms with Crippen molar-refractivity contribution in [2.45, 2.75) is 40.2 Å². The van der Waals surface area contributed by atoms with Gasteiger partial charge in [0.05, 0.1) is 18.8 Å². The molecule has 0 radical (unpaired) electrons. The predicted molar refractivity (Wildman–Crippen MR) is 77.8 cm³/mol. The van der Waals surface area contributed by atoms with E-state index < -0.39 is 24.5 Å². The Labute approximate surface area is 128 Å². The Morgan fingerprint density at radius 1 is 1.18 bits per heavy atom. The van der Waals surface area contributed by atoms with E-state index in [0.29, 0.717) is 23.2 Å². The molecular formula is C15H21NO6. The average Bonchev–Trinajstić information content (AvgIpc) is 2.80. The molecule has 0 saturated heterocycles. The van der Waals surface area contributed by atoms with Gasteiger partial charge < -0.3 is 19.2 Å². The number of hydrogen-bond acceptors (Lipinski definition) is 6. The highest BCUT2D eigenvalue weighted by molar-refractivity contribution is 5.98. The molecule has 0 aliphatic heterocycles. The minimum atomic E-state index is -0.719. The van der Waals surface area contributed by atoms with Crippen molar-refractivity contribution in [1.82, 2.24) is 4.98 Å². The van der Waals surface area contributed by atoms with Crippen LogP contribution in [0.1, 0.15) is 52.9 Å². The summed E-state index contributed by atoms with van der Waals surface area (Å²) in [6.07, 6.45) is 0.240. The molecule has 0 spiro atoms. The third kappa shape index (κ3) is 4.09. The molecule has 1 aromatic heterocycles. The van der Waals surface area contributed by atoms with Crippen molar-refractivity contribution in [3.05, 3.63) is 22.5 Å². The lowest BCUT2D eigenvalue weighted by Gasteiger charge is -2.08. The molecule has 0 aliphatic carbocycles. The van der Waals surface area contributed by atoms with Crippen LogP contribution in [0.4, 0.5) is 0 Å². The SMILES string of the molecule is CCc1[nH]c(C(=O)OCC(=O)OC(C)C)c(C)c1C(=O)OC. The molecule has 0 saturated carbocycles. The number of nitrogens with one attached hydrogen (secondary N) is 1. The van der Waals surface area contributed by atoms with Crippen molar-refractivity contribution in [2.75, 3.05) is 13.7 Å². The van der Waals surface area contributed by atoms with E-state index in [1.54, 1.807) is 20.8 Å². The van der Waals surface area contributed by atoms with Gasteiger partial charge in [0, 0.05) is 5.69 Å². The smallest absolute Gasteiger partial charge is 0.355 e. The van der Waals surface area contributed by atoms with Gasteiger partial charge in [-0.25, -0.2) is 14.4 Å². The second kappa shape index (κ2) is 7.63. The number of ether oxygens (including phenoxy) is 3. The minimum Gasteiger partial charge on any atom is -0.465 e.